The van der Waals surface area contributed by atoms with Crippen LogP contribution < -0.4 is 10.2 Å². The number of ether oxygens (including phenoxy) is 1. The highest BCUT2D eigenvalue weighted by molar-refractivity contribution is 5.89. The Balaban J connectivity index is 2.21. The molecule has 17 heavy (non-hydrogen) atoms. The predicted octanol–water partition coefficient (Wildman–Crippen LogP) is 1.19. The first-order valence-electron chi connectivity index (χ1n) is 5.60. The van der Waals surface area contributed by atoms with Gasteiger partial charge in [-0.3, -0.25) is 4.79 Å². The SMILES string of the molecule is CC(=O)Nc1ccc(O)c(N2CCOCC2)c1. The van der Waals surface area contributed by atoms with Gasteiger partial charge in [-0.1, -0.05) is 0 Å². The maximum absolute atomic E-state index is 11.0. The van der Waals surface area contributed by atoms with Gasteiger partial charge in [0.25, 0.3) is 0 Å². The first-order chi connectivity index (χ1) is 8.16. The summed E-state index contributed by atoms with van der Waals surface area (Å²) in [5, 5.41) is 12.5. The number of nitrogens with one attached hydrogen (secondary N) is 1. The number of benzene rings is 1. The summed E-state index contributed by atoms with van der Waals surface area (Å²) in [5.74, 6) is 0.101. The summed E-state index contributed by atoms with van der Waals surface area (Å²) < 4.78 is 5.26. The van der Waals surface area contributed by atoms with E-state index in [4.69, 9.17) is 4.74 Å². The van der Waals surface area contributed by atoms with E-state index in [2.05, 4.69) is 5.32 Å². The Bertz CT molecular complexity index is 414. The molecule has 0 radical (unpaired) electrons. The van der Waals surface area contributed by atoms with E-state index in [-0.39, 0.29) is 11.7 Å². The monoisotopic (exact) mass is 236 g/mol. The van der Waals surface area contributed by atoms with Crippen LogP contribution in [-0.2, 0) is 9.53 Å². The zero-order valence-corrected chi connectivity index (χ0v) is 9.77. The molecule has 0 saturated carbocycles. The van der Waals surface area contributed by atoms with Crippen LogP contribution in [0, 0.1) is 0 Å². The molecule has 0 bridgehead atoms. The molecule has 1 heterocycles. The lowest BCUT2D eigenvalue weighted by Gasteiger charge is -2.29. The summed E-state index contributed by atoms with van der Waals surface area (Å²) >= 11 is 0. The highest BCUT2D eigenvalue weighted by atomic mass is 16.5. The minimum atomic E-state index is -0.122. The topological polar surface area (TPSA) is 61.8 Å². The van der Waals surface area contributed by atoms with Gasteiger partial charge in [-0.15, -0.1) is 0 Å². The van der Waals surface area contributed by atoms with Crippen molar-refractivity contribution in [3.8, 4) is 5.75 Å². The van der Waals surface area contributed by atoms with Crippen molar-refractivity contribution in [3.63, 3.8) is 0 Å². The Labute approximate surface area is 100.0 Å². The molecule has 0 unspecified atom stereocenters. The van der Waals surface area contributed by atoms with Gasteiger partial charge >= 0.3 is 0 Å². The lowest BCUT2D eigenvalue weighted by Crippen LogP contribution is -2.36. The summed E-state index contributed by atoms with van der Waals surface area (Å²) in [6.45, 7) is 4.27. The van der Waals surface area contributed by atoms with E-state index in [1.807, 2.05) is 4.90 Å². The lowest BCUT2D eigenvalue weighted by atomic mass is 10.2. The van der Waals surface area contributed by atoms with Crippen LogP contribution in [0.25, 0.3) is 0 Å². The fourth-order valence-electron chi connectivity index (χ4n) is 1.86. The summed E-state index contributed by atoms with van der Waals surface area (Å²) in [5.41, 5.74) is 1.43. The average molecular weight is 236 g/mol. The summed E-state index contributed by atoms with van der Waals surface area (Å²) in [6.07, 6.45) is 0. The standard InChI is InChI=1S/C12H16N2O3/c1-9(15)13-10-2-3-12(16)11(8-10)14-4-6-17-7-5-14/h2-3,8,16H,4-7H2,1H3,(H,13,15). The van der Waals surface area contributed by atoms with Crippen molar-refractivity contribution in [1.82, 2.24) is 0 Å². The van der Waals surface area contributed by atoms with E-state index in [1.165, 1.54) is 6.92 Å². The van der Waals surface area contributed by atoms with Crippen LogP contribution in [0.3, 0.4) is 0 Å². The summed E-state index contributed by atoms with van der Waals surface area (Å²) in [4.78, 5) is 13.0. The molecular formula is C12H16N2O3. The Kier molecular flexibility index (Phi) is 3.49. The fraction of sp³-hybridized carbons (Fsp3) is 0.417. The summed E-state index contributed by atoms with van der Waals surface area (Å²) in [6, 6.07) is 5.05. The van der Waals surface area contributed by atoms with Crippen LogP contribution in [0.2, 0.25) is 0 Å². The molecule has 2 rings (SSSR count). The molecule has 1 fully saturated rings. The maximum atomic E-state index is 11.0. The van der Waals surface area contributed by atoms with Gasteiger partial charge in [0.05, 0.1) is 18.9 Å². The number of phenols is 1. The zero-order chi connectivity index (χ0) is 12.3. The number of carbonyl (C=O) groups is 1. The number of hydrogen-bond acceptors (Lipinski definition) is 4. The zero-order valence-electron chi connectivity index (χ0n) is 9.77. The van der Waals surface area contributed by atoms with E-state index in [9.17, 15) is 9.90 Å². The van der Waals surface area contributed by atoms with Gasteiger partial charge < -0.3 is 20.1 Å². The first kappa shape index (κ1) is 11.7. The second-order valence-electron chi connectivity index (χ2n) is 3.98. The molecule has 1 aromatic carbocycles. The van der Waals surface area contributed by atoms with Crippen molar-refractivity contribution < 1.29 is 14.6 Å². The molecule has 2 N–H and O–H groups in total. The highest BCUT2D eigenvalue weighted by Crippen LogP contribution is 2.30. The van der Waals surface area contributed by atoms with Crippen molar-refractivity contribution in [2.45, 2.75) is 6.92 Å². The number of phenolic OH excluding ortho intramolecular Hbond substituents is 1. The lowest BCUT2D eigenvalue weighted by molar-refractivity contribution is -0.114. The van der Waals surface area contributed by atoms with Crippen LogP contribution in [0.1, 0.15) is 6.92 Å². The smallest absolute Gasteiger partial charge is 0.221 e. The van der Waals surface area contributed by atoms with Gasteiger partial charge in [-0.25, -0.2) is 0 Å². The third kappa shape index (κ3) is 2.88. The predicted molar refractivity (Wildman–Crippen MR) is 65.4 cm³/mol. The Morgan fingerprint density at radius 2 is 2.12 bits per heavy atom. The van der Waals surface area contributed by atoms with Crippen molar-refractivity contribution >= 4 is 17.3 Å². The molecule has 1 aromatic rings. The number of nitrogens with zero attached hydrogens (tertiary/aromatic N) is 1. The van der Waals surface area contributed by atoms with Crippen LogP contribution in [-0.4, -0.2) is 37.3 Å². The largest absolute Gasteiger partial charge is 0.506 e. The maximum Gasteiger partial charge on any atom is 0.221 e. The second kappa shape index (κ2) is 5.05. The Morgan fingerprint density at radius 3 is 2.76 bits per heavy atom. The van der Waals surface area contributed by atoms with Gasteiger partial charge in [0, 0.05) is 25.7 Å². The number of rotatable bonds is 2. The number of anilines is 2. The molecule has 1 aliphatic rings. The van der Waals surface area contributed by atoms with Crippen molar-refractivity contribution in [3.05, 3.63) is 18.2 Å². The Hall–Kier alpha value is -1.75. The van der Waals surface area contributed by atoms with Crippen molar-refractivity contribution in [2.75, 3.05) is 36.5 Å². The molecule has 1 aliphatic heterocycles. The number of amides is 1. The van der Waals surface area contributed by atoms with Crippen molar-refractivity contribution in [1.29, 1.82) is 0 Å². The Morgan fingerprint density at radius 1 is 1.41 bits per heavy atom. The molecule has 5 nitrogen and oxygen atoms in total. The van der Waals surface area contributed by atoms with Crippen LogP contribution >= 0.6 is 0 Å². The van der Waals surface area contributed by atoms with Gasteiger partial charge in [0.1, 0.15) is 5.75 Å². The van der Waals surface area contributed by atoms with Crippen LogP contribution in [0.5, 0.6) is 5.75 Å². The molecule has 0 aliphatic carbocycles. The molecule has 5 heteroatoms. The second-order valence-corrected chi connectivity index (χ2v) is 3.98. The average Bonchev–Trinajstić information content (AvgIpc) is 2.32. The minimum Gasteiger partial charge on any atom is -0.506 e. The molecule has 0 atom stereocenters. The molecular weight excluding hydrogens is 220 g/mol. The van der Waals surface area contributed by atoms with Gasteiger partial charge in [0.2, 0.25) is 5.91 Å². The molecule has 0 spiro atoms. The normalized spacial score (nSPS) is 15.7. The minimum absolute atomic E-state index is 0.122. The van der Waals surface area contributed by atoms with Gasteiger partial charge in [0.15, 0.2) is 0 Å². The van der Waals surface area contributed by atoms with E-state index >= 15 is 0 Å². The molecule has 92 valence electrons. The number of morpholine rings is 1. The third-order valence-corrected chi connectivity index (χ3v) is 2.65. The van der Waals surface area contributed by atoms with E-state index < -0.39 is 0 Å². The van der Waals surface area contributed by atoms with Crippen LogP contribution in [0.4, 0.5) is 11.4 Å². The van der Waals surface area contributed by atoms with Crippen molar-refractivity contribution in [2.24, 2.45) is 0 Å². The quantitative estimate of drug-likeness (QED) is 0.757. The highest BCUT2D eigenvalue weighted by Gasteiger charge is 2.15. The van der Waals surface area contributed by atoms with Crippen LogP contribution in [0.15, 0.2) is 18.2 Å². The van der Waals surface area contributed by atoms with Gasteiger partial charge in [-0.2, -0.15) is 0 Å². The number of aromatic hydroxyl groups is 1. The van der Waals surface area contributed by atoms with Gasteiger partial charge in [-0.05, 0) is 18.2 Å². The number of carbonyl (C=O) groups excluding carboxylic acids is 1. The molecule has 1 saturated heterocycles. The summed E-state index contributed by atoms with van der Waals surface area (Å²) in [7, 11) is 0. The van der Waals surface area contributed by atoms with E-state index in [1.54, 1.807) is 18.2 Å². The third-order valence-electron chi connectivity index (χ3n) is 2.65. The first-order valence-corrected chi connectivity index (χ1v) is 5.60. The van der Waals surface area contributed by atoms with E-state index in [0.29, 0.717) is 18.9 Å². The van der Waals surface area contributed by atoms with E-state index in [0.717, 1.165) is 18.8 Å². The fourth-order valence-corrected chi connectivity index (χ4v) is 1.86. The molecule has 0 aromatic heterocycles. The molecule has 1 amide bonds. The number of hydrogen-bond donors (Lipinski definition) is 2.